The molecule has 0 aromatic heterocycles. The van der Waals surface area contributed by atoms with Gasteiger partial charge in [-0.25, -0.2) is 12.8 Å². The number of nitrogens with one attached hydrogen (secondary N) is 1. The Balaban J connectivity index is 2.43. The molecule has 0 amide bonds. The fourth-order valence-electron chi connectivity index (χ4n) is 1.63. The average molecular weight is 375 g/mol. The lowest BCUT2D eigenvalue weighted by Gasteiger charge is -2.11. The highest BCUT2D eigenvalue weighted by atomic mass is 79.9. The first-order valence-electron chi connectivity index (χ1n) is 5.77. The third-order valence-electron chi connectivity index (χ3n) is 2.80. The van der Waals surface area contributed by atoms with Gasteiger partial charge in [0.05, 0.1) is 5.69 Å². The molecule has 21 heavy (non-hydrogen) atoms. The van der Waals surface area contributed by atoms with Crippen molar-refractivity contribution in [2.24, 2.45) is 0 Å². The van der Waals surface area contributed by atoms with Crippen LogP contribution in [0.1, 0.15) is 5.56 Å². The highest BCUT2D eigenvalue weighted by molar-refractivity contribution is 9.10. The van der Waals surface area contributed by atoms with E-state index >= 15 is 0 Å². The van der Waals surface area contributed by atoms with Crippen LogP contribution in [0.3, 0.4) is 0 Å². The van der Waals surface area contributed by atoms with Gasteiger partial charge in [0, 0.05) is 16.2 Å². The van der Waals surface area contributed by atoms with Crippen LogP contribution < -0.4 is 10.5 Å². The topological polar surface area (TPSA) is 92.4 Å². The number of hydrogen-bond donors (Lipinski definition) is 3. The lowest BCUT2D eigenvalue weighted by Crippen LogP contribution is -2.15. The number of benzene rings is 2. The van der Waals surface area contributed by atoms with E-state index in [1.54, 1.807) is 13.0 Å². The molecule has 0 radical (unpaired) electrons. The minimum absolute atomic E-state index is 0.0639. The molecule has 0 spiro atoms. The van der Waals surface area contributed by atoms with Crippen LogP contribution in [0.25, 0.3) is 0 Å². The Hall–Kier alpha value is -1.80. The number of nitrogens with two attached hydrogens (primary N) is 1. The summed E-state index contributed by atoms with van der Waals surface area (Å²) in [6.07, 6.45) is 0. The van der Waals surface area contributed by atoms with E-state index in [2.05, 4.69) is 20.7 Å². The molecule has 2 aromatic rings. The number of anilines is 2. The Bertz CT molecular complexity index is 809. The second-order valence-corrected chi connectivity index (χ2v) is 6.92. The van der Waals surface area contributed by atoms with Crippen LogP contribution in [0, 0.1) is 12.7 Å². The molecule has 2 rings (SSSR count). The maximum Gasteiger partial charge on any atom is 0.264 e. The van der Waals surface area contributed by atoms with Crippen molar-refractivity contribution in [2.75, 3.05) is 10.5 Å². The van der Waals surface area contributed by atoms with Crippen molar-refractivity contribution < 1.29 is 17.9 Å². The molecule has 0 saturated heterocycles. The van der Waals surface area contributed by atoms with Crippen LogP contribution in [-0.4, -0.2) is 13.5 Å². The van der Waals surface area contributed by atoms with E-state index in [0.717, 1.165) is 12.1 Å². The molecule has 0 aliphatic carbocycles. The zero-order valence-corrected chi connectivity index (χ0v) is 13.3. The molecule has 0 unspecified atom stereocenters. The van der Waals surface area contributed by atoms with Crippen LogP contribution in [0.15, 0.2) is 39.7 Å². The van der Waals surface area contributed by atoms with E-state index < -0.39 is 20.7 Å². The van der Waals surface area contributed by atoms with Gasteiger partial charge in [0.15, 0.2) is 0 Å². The van der Waals surface area contributed by atoms with E-state index in [1.807, 2.05) is 0 Å². The average Bonchev–Trinajstić information content (AvgIpc) is 2.37. The summed E-state index contributed by atoms with van der Waals surface area (Å²) in [7, 11) is -4.15. The molecule has 112 valence electrons. The molecule has 0 bridgehead atoms. The summed E-state index contributed by atoms with van der Waals surface area (Å²) in [4.78, 5) is -0.566. The van der Waals surface area contributed by atoms with Crippen LogP contribution >= 0.6 is 15.9 Å². The summed E-state index contributed by atoms with van der Waals surface area (Å²) >= 11 is 3.02. The Morgan fingerprint density at radius 1 is 1.29 bits per heavy atom. The number of rotatable bonds is 3. The van der Waals surface area contributed by atoms with Gasteiger partial charge in [-0.2, -0.15) is 0 Å². The molecule has 0 atom stereocenters. The summed E-state index contributed by atoms with van der Waals surface area (Å²) in [6, 6.07) is 6.26. The summed E-state index contributed by atoms with van der Waals surface area (Å²) in [5.41, 5.74) is 6.40. The van der Waals surface area contributed by atoms with Crippen molar-refractivity contribution in [1.82, 2.24) is 0 Å². The summed E-state index contributed by atoms with van der Waals surface area (Å²) in [6.45, 7) is 1.67. The van der Waals surface area contributed by atoms with Gasteiger partial charge in [0.25, 0.3) is 10.0 Å². The first-order valence-corrected chi connectivity index (χ1v) is 8.05. The first kappa shape index (κ1) is 15.6. The van der Waals surface area contributed by atoms with Crippen LogP contribution in [0.5, 0.6) is 5.75 Å². The maximum atomic E-state index is 13.8. The molecule has 0 aliphatic rings. The van der Waals surface area contributed by atoms with Crippen molar-refractivity contribution in [3.8, 4) is 5.75 Å². The van der Waals surface area contributed by atoms with Gasteiger partial charge >= 0.3 is 0 Å². The highest BCUT2D eigenvalue weighted by Gasteiger charge is 2.21. The summed E-state index contributed by atoms with van der Waals surface area (Å²) in [5, 5.41) is 9.57. The van der Waals surface area contributed by atoms with E-state index in [1.165, 1.54) is 12.1 Å². The fourth-order valence-corrected chi connectivity index (χ4v) is 3.09. The van der Waals surface area contributed by atoms with Crippen LogP contribution in [-0.2, 0) is 10.0 Å². The Morgan fingerprint density at radius 3 is 2.57 bits per heavy atom. The molecule has 5 nitrogen and oxygen atoms in total. The largest absolute Gasteiger partial charge is 0.508 e. The predicted octanol–water partition coefficient (Wildman–Crippen LogP) is 2.99. The number of aryl methyl sites for hydroxylation is 1. The Kier molecular flexibility index (Phi) is 4.11. The quantitative estimate of drug-likeness (QED) is 0.720. The van der Waals surface area contributed by atoms with Crippen molar-refractivity contribution in [3.63, 3.8) is 0 Å². The van der Waals surface area contributed by atoms with Crippen molar-refractivity contribution in [1.29, 1.82) is 0 Å². The summed E-state index contributed by atoms with van der Waals surface area (Å²) in [5.74, 6) is -0.995. The molecule has 4 N–H and O–H groups in total. The SMILES string of the molecule is Cc1ccc(NS(=O)(=O)c2cc(N)c(Br)cc2F)cc1O. The van der Waals surface area contributed by atoms with Crippen molar-refractivity contribution in [2.45, 2.75) is 11.8 Å². The zero-order chi connectivity index (χ0) is 15.8. The van der Waals surface area contributed by atoms with Crippen molar-refractivity contribution in [3.05, 3.63) is 46.2 Å². The molecule has 2 aromatic carbocycles. The number of phenols is 1. The number of aromatic hydroxyl groups is 1. The number of halogens is 2. The smallest absolute Gasteiger partial charge is 0.264 e. The number of nitrogen functional groups attached to an aromatic ring is 1. The van der Waals surface area contributed by atoms with Crippen molar-refractivity contribution >= 4 is 37.3 Å². The monoisotopic (exact) mass is 374 g/mol. The standard InChI is InChI=1S/C13H12BrFN2O3S/c1-7-2-3-8(4-12(7)18)17-21(19,20)13-6-11(16)9(14)5-10(13)15/h2-6,17-18H,16H2,1H3. The van der Waals surface area contributed by atoms with Gasteiger partial charge in [-0.15, -0.1) is 0 Å². The molecule has 0 heterocycles. The molecule has 0 aliphatic heterocycles. The minimum atomic E-state index is -4.15. The van der Waals surface area contributed by atoms with E-state index in [-0.39, 0.29) is 21.6 Å². The Morgan fingerprint density at radius 2 is 1.95 bits per heavy atom. The fraction of sp³-hybridized carbons (Fsp3) is 0.0769. The van der Waals surface area contributed by atoms with Gasteiger partial charge in [0.1, 0.15) is 16.5 Å². The van der Waals surface area contributed by atoms with Crippen LogP contribution in [0.2, 0.25) is 0 Å². The van der Waals surface area contributed by atoms with Gasteiger partial charge in [-0.1, -0.05) is 6.07 Å². The number of phenolic OH excluding ortho intramolecular Hbond substituents is 1. The molecular weight excluding hydrogens is 363 g/mol. The molecular formula is C13H12BrFN2O3S. The third kappa shape index (κ3) is 3.27. The van der Waals surface area contributed by atoms with Gasteiger partial charge in [-0.05, 0) is 46.6 Å². The minimum Gasteiger partial charge on any atom is -0.508 e. The second-order valence-electron chi connectivity index (χ2n) is 4.41. The summed E-state index contributed by atoms with van der Waals surface area (Å²) < 4.78 is 40.6. The van der Waals surface area contributed by atoms with E-state index in [9.17, 15) is 17.9 Å². The molecule has 0 fully saturated rings. The van der Waals surface area contributed by atoms with Gasteiger partial charge in [0.2, 0.25) is 0 Å². The lowest BCUT2D eigenvalue weighted by molar-refractivity contribution is 0.471. The first-order chi connectivity index (χ1) is 9.70. The zero-order valence-electron chi connectivity index (χ0n) is 10.9. The van der Waals surface area contributed by atoms with Crippen LogP contribution in [0.4, 0.5) is 15.8 Å². The molecule has 0 saturated carbocycles. The normalized spacial score (nSPS) is 11.4. The van der Waals surface area contributed by atoms with Gasteiger partial charge in [-0.3, -0.25) is 4.72 Å². The number of hydrogen-bond acceptors (Lipinski definition) is 4. The third-order valence-corrected chi connectivity index (χ3v) is 4.89. The van der Waals surface area contributed by atoms with E-state index in [4.69, 9.17) is 5.73 Å². The highest BCUT2D eigenvalue weighted by Crippen LogP contribution is 2.28. The molecule has 8 heteroatoms. The Labute approximate surface area is 129 Å². The maximum absolute atomic E-state index is 13.8. The van der Waals surface area contributed by atoms with E-state index in [0.29, 0.717) is 5.56 Å². The predicted molar refractivity (Wildman–Crippen MR) is 82.2 cm³/mol. The number of sulfonamides is 1. The second kappa shape index (κ2) is 5.53. The lowest BCUT2D eigenvalue weighted by atomic mass is 10.2. The van der Waals surface area contributed by atoms with Gasteiger partial charge < -0.3 is 10.8 Å².